The van der Waals surface area contributed by atoms with E-state index in [9.17, 15) is 4.79 Å². The van der Waals surface area contributed by atoms with Gasteiger partial charge in [0.05, 0.1) is 22.8 Å². The van der Waals surface area contributed by atoms with Crippen molar-refractivity contribution in [2.24, 2.45) is 0 Å². The second-order valence-electron chi connectivity index (χ2n) is 3.14. The van der Waals surface area contributed by atoms with E-state index in [0.29, 0.717) is 27.1 Å². The van der Waals surface area contributed by atoms with Crippen LogP contribution in [-0.4, -0.2) is 17.3 Å². The maximum atomic E-state index is 11.0. The first kappa shape index (κ1) is 11.1. The molecule has 4 nitrogen and oxygen atoms in total. The van der Waals surface area contributed by atoms with Crippen LogP contribution in [0.1, 0.15) is 0 Å². The monoisotopic (exact) mass is 258 g/mol. The van der Waals surface area contributed by atoms with Crippen LogP contribution in [0.5, 0.6) is 5.75 Å². The first-order valence-corrected chi connectivity index (χ1v) is 5.18. The minimum Gasteiger partial charge on any atom is -0.495 e. The van der Waals surface area contributed by atoms with Crippen LogP contribution >= 0.6 is 23.2 Å². The van der Waals surface area contributed by atoms with Crippen molar-refractivity contribution in [3.63, 3.8) is 0 Å². The van der Waals surface area contributed by atoms with E-state index < -0.39 is 0 Å². The average Bonchev–Trinajstić information content (AvgIpc) is 2.67. The normalized spacial score (nSPS) is 10.4. The predicted octanol–water partition coefficient (Wildman–Crippen LogP) is 2.69. The van der Waals surface area contributed by atoms with Gasteiger partial charge in [0.25, 0.3) is 5.56 Å². The number of H-pyrrole nitrogens is 2. The van der Waals surface area contributed by atoms with Crippen molar-refractivity contribution in [1.82, 2.24) is 10.2 Å². The number of hydrogen-bond acceptors (Lipinski definition) is 2. The van der Waals surface area contributed by atoms with Gasteiger partial charge < -0.3 is 4.74 Å². The number of ether oxygens (including phenoxy) is 1. The highest BCUT2D eigenvalue weighted by Gasteiger charge is 2.10. The molecule has 0 spiro atoms. The Morgan fingerprint density at radius 1 is 1.12 bits per heavy atom. The minimum atomic E-state index is -0.224. The number of nitrogens with one attached hydrogen (secondary N) is 2. The Hall–Kier alpha value is -1.39. The molecule has 1 heterocycles. The summed E-state index contributed by atoms with van der Waals surface area (Å²) in [5, 5.41) is 6.02. The molecule has 84 valence electrons. The largest absolute Gasteiger partial charge is 0.495 e. The molecule has 0 fully saturated rings. The molecular weight excluding hydrogens is 251 g/mol. The van der Waals surface area contributed by atoms with Gasteiger partial charge in [-0.1, -0.05) is 23.2 Å². The molecular formula is C10H8Cl2N2O2. The average molecular weight is 259 g/mol. The van der Waals surface area contributed by atoms with Crippen LogP contribution in [0.3, 0.4) is 0 Å². The summed E-state index contributed by atoms with van der Waals surface area (Å²) in [5.74, 6) is 0.494. The van der Waals surface area contributed by atoms with E-state index in [1.54, 1.807) is 12.1 Å². The lowest BCUT2D eigenvalue weighted by Gasteiger charge is -2.07. The molecule has 16 heavy (non-hydrogen) atoms. The first-order chi connectivity index (χ1) is 7.61. The maximum absolute atomic E-state index is 11.0. The molecule has 1 aromatic heterocycles. The molecule has 0 aliphatic heterocycles. The molecule has 0 saturated carbocycles. The van der Waals surface area contributed by atoms with Gasteiger partial charge >= 0.3 is 0 Å². The molecule has 0 radical (unpaired) electrons. The molecule has 2 N–H and O–H groups in total. The van der Waals surface area contributed by atoms with E-state index in [-0.39, 0.29) is 5.56 Å². The van der Waals surface area contributed by atoms with Gasteiger partial charge in [0, 0.05) is 17.7 Å². The van der Waals surface area contributed by atoms with Gasteiger partial charge in [-0.25, -0.2) is 0 Å². The lowest BCUT2D eigenvalue weighted by atomic mass is 10.1. The Kier molecular flexibility index (Phi) is 2.94. The fraction of sp³-hybridized carbons (Fsp3) is 0.100. The Balaban J connectivity index is 2.58. The zero-order chi connectivity index (χ0) is 11.7. The van der Waals surface area contributed by atoms with Crippen LogP contribution in [0.4, 0.5) is 0 Å². The van der Waals surface area contributed by atoms with E-state index in [1.807, 2.05) is 0 Å². The highest BCUT2D eigenvalue weighted by Crippen LogP contribution is 2.35. The molecule has 0 saturated heterocycles. The van der Waals surface area contributed by atoms with E-state index in [4.69, 9.17) is 27.9 Å². The van der Waals surface area contributed by atoms with Gasteiger partial charge in [-0.15, -0.1) is 0 Å². The number of aromatic nitrogens is 2. The first-order valence-electron chi connectivity index (χ1n) is 4.43. The van der Waals surface area contributed by atoms with Crippen molar-refractivity contribution in [2.45, 2.75) is 0 Å². The summed E-state index contributed by atoms with van der Waals surface area (Å²) in [4.78, 5) is 11.0. The van der Waals surface area contributed by atoms with Crippen LogP contribution in [0.15, 0.2) is 23.0 Å². The summed E-state index contributed by atoms with van der Waals surface area (Å²) in [6.07, 6.45) is 0. The van der Waals surface area contributed by atoms with Crippen LogP contribution < -0.4 is 10.3 Å². The zero-order valence-corrected chi connectivity index (χ0v) is 9.82. The molecule has 6 heteroatoms. The standard InChI is InChI=1S/C10H8Cl2N2O2/c1-16-9-3-6(11)5(2-7(9)12)8-4-10(15)14-13-8/h2-4H,1H3,(H2,13,14,15). The number of benzene rings is 1. The molecule has 0 aliphatic carbocycles. The fourth-order valence-corrected chi connectivity index (χ4v) is 1.86. The lowest BCUT2D eigenvalue weighted by molar-refractivity contribution is 0.415. The number of aromatic amines is 2. The molecule has 0 amide bonds. The number of halogens is 2. The van der Waals surface area contributed by atoms with Gasteiger partial charge in [-0.05, 0) is 6.07 Å². The smallest absolute Gasteiger partial charge is 0.264 e. The van der Waals surface area contributed by atoms with E-state index in [2.05, 4.69) is 10.2 Å². The van der Waals surface area contributed by atoms with Gasteiger partial charge in [0.2, 0.25) is 0 Å². The summed E-state index contributed by atoms with van der Waals surface area (Å²) < 4.78 is 5.03. The van der Waals surface area contributed by atoms with Crippen molar-refractivity contribution < 1.29 is 4.74 Å². The van der Waals surface area contributed by atoms with Gasteiger partial charge in [0.1, 0.15) is 5.75 Å². The second kappa shape index (κ2) is 4.23. The Labute approximate surface area is 101 Å². The molecule has 0 aliphatic rings. The van der Waals surface area contributed by atoms with E-state index in [0.717, 1.165) is 0 Å². The minimum absolute atomic E-state index is 0.224. The topological polar surface area (TPSA) is 57.9 Å². The Morgan fingerprint density at radius 2 is 1.88 bits per heavy atom. The highest BCUT2D eigenvalue weighted by molar-refractivity contribution is 6.36. The van der Waals surface area contributed by atoms with Crippen molar-refractivity contribution >= 4 is 23.2 Å². The second-order valence-corrected chi connectivity index (χ2v) is 3.95. The zero-order valence-electron chi connectivity index (χ0n) is 8.30. The van der Waals surface area contributed by atoms with Crippen molar-refractivity contribution in [2.75, 3.05) is 7.11 Å². The molecule has 0 unspecified atom stereocenters. The molecule has 0 bridgehead atoms. The van der Waals surface area contributed by atoms with Crippen molar-refractivity contribution in [3.05, 3.63) is 38.6 Å². The Morgan fingerprint density at radius 3 is 2.44 bits per heavy atom. The van der Waals surface area contributed by atoms with Gasteiger partial charge in [0.15, 0.2) is 0 Å². The van der Waals surface area contributed by atoms with Crippen LogP contribution in [-0.2, 0) is 0 Å². The fourth-order valence-electron chi connectivity index (χ4n) is 1.37. The SMILES string of the molecule is COc1cc(Cl)c(-c2cc(=O)[nH][nH]2)cc1Cl. The predicted molar refractivity (Wildman–Crippen MR) is 63.4 cm³/mol. The van der Waals surface area contributed by atoms with E-state index in [1.165, 1.54) is 13.2 Å². The maximum Gasteiger partial charge on any atom is 0.264 e. The third-order valence-electron chi connectivity index (χ3n) is 2.13. The Bertz CT molecular complexity index is 574. The summed E-state index contributed by atoms with van der Waals surface area (Å²) in [6.45, 7) is 0. The molecule has 1 aromatic carbocycles. The number of hydrogen-bond donors (Lipinski definition) is 2. The summed E-state index contributed by atoms with van der Waals surface area (Å²) in [6, 6.07) is 4.65. The number of methoxy groups -OCH3 is 1. The molecule has 2 aromatic rings. The summed E-state index contributed by atoms with van der Waals surface area (Å²) in [7, 11) is 1.51. The summed E-state index contributed by atoms with van der Waals surface area (Å²) in [5.41, 5.74) is 1.00. The quantitative estimate of drug-likeness (QED) is 0.871. The molecule has 2 rings (SSSR count). The molecule has 0 atom stereocenters. The van der Waals surface area contributed by atoms with Crippen LogP contribution in [0.25, 0.3) is 11.3 Å². The van der Waals surface area contributed by atoms with Crippen LogP contribution in [0.2, 0.25) is 10.0 Å². The van der Waals surface area contributed by atoms with Gasteiger partial charge in [-0.3, -0.25) is 15.0 Å². The lowest BCUT2D eigenvalue weighted by Crippen LogP contribution is -1.93. The number of rotatable bonds is 2. The van der Waals surface area contributed by atoms with Crippen LogP contribution in [0, 0.1) is 0 Å². The van der Waals surface area contributed by atoms with Crippen molar-refractivity contribution in [1.29, 1.82) is 0 Å². The third kappa shape index (κ3) is 1.94. The van der Waals surface area contributed by atoms with Crippen molar-refractivity contribution in [3.8, 4) is 17.0 Å². The summed E-state index contributed by atoms with van der Waals surface area (Å²) >= 11 is 12.0. The van der Waals surface area contributed by atoms with E-state index >= 15 is 0 Å². The third-order valence-corrected chi connectivity index (χ3v) is 2.74. The highest BCUT2D eigenvalue weighted by atomic mass is 35.5. The van der Waals surface area contributed by atoms with Gasteiger partial charge in [-0.2, -0.15) is 0 Å².